The van der Waals surface area contributed by atoms with E-state index in [9.17, 15) is 0 Å². The second-order valence-electron chi connectivity index (χ2n) is 5.54. The van der Waals surface area contributed by atoms with Crippen molar-refractivity contribution >= 4 is 0 Å². The Kier molecular flexibility index (Phi) is 3.65. The Hall–Kier alpha value is -0.120. The molecule has 1 N–H and O–H groups in total. The summed E-state index contributed by atoms with van der Waals surface area (Å²) in [5.74, 6) is 0. The fraction of sp³-hybridized carbons (Fsp3) is 1.00. The zero-order chi connectivity index (χ0) is 10.8. The Bertz CT molecular complexity index is 201. The van der Waals surface area contributed by atoms with Crippen LogP contribution in [0.4, 0.5) is 0 Å². The topological polar surface area (TPSA) is 18.5 Å². The van der Waals surface area contributed by atoms with Gasteiger partial charge < -0.3 is 10.2 Å². The summed E-state index contributed by atoms with van der Waals surface area (Å²) in [4.78, 5) is 4.92. The Morgan fingerprint density at radius 3 is 2.67 bits per heavy atom. The molecule has 0 aromatic rings. The van der Waals surface area contributed by atoms with Crippen molar-refractivity contribution in [3.8, 4) is 0 Å². The van der Waals surface area contributed by atoms with E-state index in [2.05, 4.69) is 36.1 Å². The highest BCUT2D eigenvalue weighted by Crippen LogP contribution is 2.29. The van der Waals surface area contributed by atoms with Crippen LogP contribution in [-0.2, 0) is 0 Å². The summed E-state index contributed by atoms with van der Waals surface area (Å²) < 4.78 is 0. The standard InChI is InChI=1S/C12H25N3/c1-10(8-14(2)3)13-11-6-7-15(9-11)12-4-5-12/h10-13H,4-9H2,1-3H3. The van der Waals surface area contributed by atoms with Crippen molar-refractivity contribution in [1.82, 2.24) is 15.1 Å². The third kappa shape index (κ3) is 3.44. The second kappa shape index (κ2) is 4.81. The molecular weight excluding hydrogens is 186 g/mol. The van der Waals surface area contributed by atoms with E-state index in [0.717, 1.165) is 18.6 Å². The quantitative estimate of drug-likeness (QED) is 0.724. The lowest BCUT2D eigenvalue weighted by atomic mass is 10.2. The zero-order valence-corrected chi connectivity index (χ0v) is 10.4. The van der Waals surface area contributed by atoms with Gasteiger partial charge in [-0.15, -0.1) is 0 Å². The maximum Gasteiger partial charge on any atom is 0.0210 e. The van der Waals surface area contributed by atoms with Gasteiger partial charge in [0.05, 0.1) is 0 Å². The Morgan fingerprint density at radius 1 is 1.33 bits per heavy atom. The van der Waals surface area contributed by atoms with E-state index in [1.165, 1.54) is 32.4 Å². The van der Waals surface area contributed by atoms with Gasteiger partial charge in [0.2, 0.25) is 0 Å². The lowest BCUT2D eigenvalue weighted by molar-refractivity contribution is 0.298. The molecule has 0 bridgehead atoms. The number of nitrogens with one attached hydrogen (secondary N) is 1. The van der Waals surface area contributed by atoms with Gasteiger partial charge in [-0.25, -0.2) is 0 Å². The minimum Gasteiger partial charge on any atom is -0.309 e. The Balaban J connectivity index is 1.67. The van der Waals surface area contributed by atoms with Gasteiger partial charge in [-0.3, -0.25) is 4.90 Å². The van der Waals surface area contributed by atoms with Crippen molar-refractivity contribution in [2.24, 2.45) is 0 Å². The SMILES string of the molecule is CC(CN(C)C)NC1CCN(C2CC2)C1. The van der Waals surface area contributed by atoms with E-state index in [4.69, 9.17) is 0 Å². The van der Waals surface area contributed by atoms with E-state index >= 15 is 0 Å². The molecule has 15 heavy (non-hydrogen) atoms. The van der Waals surface area contributed by atoms with Crippen LogP contribution in [0.25, 0.3) is 0 Å². The molecule has 2 atom stereocenters. The molecule has 0 aromatic carbocycles. The number of hydrogen-bond acceptors (Lipinski definition) is 3. The summed E-state index contributed by atoms with van der Waals surface area (Å²) in [5, 5.41) is 3.74. The number of nitrogens with zero attached hydrogens (tertiary/aromatic N) is 2. The molecule has 2 fully saturated rings. The summed E-state index contributed by atoms with van der Waals surface area (Å²) >= 11 is 0. The lowest BCUT2D eigenvalue weighted by Gasteiger charge is -2.22. The van der Waals surface area contributed by atoms with Gasteiger partial charge in [0.15, 0.2) is 0 Å². The molecule has 0 aromatic heterocycles. The molecule has 2 rings (SSSR count). The maximum absolute atomic E-state index is 3.74. The summed E-state index contributed by atoms with van der Waals surface area (Å²) in [6, 6.07) is 2.30. The number of rotatable bonds is 5. The van der Waals surface area contributed by atoms with Crippen molar-refractivity contribution in [2.75, 3.05) is 33.7 Å². The van der Waals surface area contributed by atoms with E-state index in [1.807, 2.05) is 0 Å². The third-order valence-corrected chi connectivity index (χ3v) is 3.44. The Morgan fingerprint density at radius 2 is 2.07 bits per heavy atom. The van der Waals surface area contributed by atoms with Crippen molar-refractivity contribution in [3.63, 3.8) is 0 Å². The highest BCUT2D eigenvalue weighted by atomic mass is 15.2. The van der Waals surface area contributed by atoms with Crippen molar-refractivity contribution in [3.05, 3.63) is 0 Å². The monoisotopic (exact) mass is 211 g/mol. The molecule has 1 heterocycles. The molecule has 2 unspecified atom stereocenters. The highest BCUT2D eigenvalue weighted by molar-refractivity contribution is 4.92. The molecule has 0 spiro atoms. The average molecular weight is 211 g/mol. The molecule has 1 aliphatic heterocycles. The first kappa shape index (κ1) is 11.4. The van der Waals surface area contributed by atoms with E-state index in [1.54, 1.807) is 0 Å². The minimum atomic E-state index is 0.615. The van der Waals surface area contributed by atoms with Crippen LogP contribution in [0.1, 0.15) is 26.2 Å². The van der Waals surface area contributed by atoms with Gasteiger partial charge >= 0.3 is 0 Å². The largest absolute Gasteiger partial charge is 0.309 e. The fourth-order valence-corrected chi connectivity index (χ4v) is 2.70. The predicted molar refractivity (Wildman–Crippen MR) is 64.2 cm³/mol. The summed E-state index contributed by atoms with van der Waals surface area (Å²) in [6.45, 7) is 6.03. The summed E-state index contributed by atoms with van der Waals surface area (Å²) in [7, 11) is 4.28. The van der Waals surface area contributed by atoms with Crippen LogP contribution in [0, 0.1) is 0 Å². The highest BCUT2D eigenvalue weighted by Gasteiger charge is 2.34. The first-order chi connectivity index (χ1) is 7.15. The molecule has 2 aliphatic rings. The molecule has 0 amide bonds. The molecule has 3 nitrogen and oxygen atoms in total. The van der Waals surface area contributed by atoms with E-state index < -0.39 is 0 Å². The normalized spacial score (nSPS) is 30.0. The zero-order valence-electron chi connectivity index (χ0n) is 10.4. The average Bonchev–Trinajstić information content (AvgIpc) is 2.87. The molecular formula is C12H25N3. The maximum atomic E-state index is 3.74. The summed E-state index contributed by atoms with van der Waals surface area (Å²) in [6.07, 6.45) is 4.23. The molecule has 1 saturated carbocycles. The third-order valence-electron chi connectivity index (χ3n) is 3.44. The van der Waals surface area contributed by atoms with Gasteiger partial charge in [-0.05, 0) is 40.3 Å². The first-order valence-corrected chi connectivity index (χ1v) is 6.30. The van der Waals surface area contributed by atoms with E-state index in [0.29, 0.717) is 6.04 Å². The number of likely N-dealkylation sites (tertiary alicyclic amines) is 1. The van der Waals surface area contributed by atoms with Gasteiger partial charge in [0, 0.05) is 37.8 Å². The smallest absolute Gasteiger partial charge is 0.0210 e. The molecule has 0 radical (unpaired) electrons. The number of likely N-dealkylation sites (N-methyl/N-ethyl adjacent to an activating group) is 1. The summed E-state index contributed by atoms with van der Waals surface area (Å²) in [5.41, 5.74) is 0. The first-order valence-electron chi connectivity index (χ1n) is 6.30. The van der Waals surface area contributed by atoms with Crippen LogP contribution < -0.4 is 5.32 Å². The predicted octanol–water partition coefficient (Wildman–Crippen LogP) is 0.763. The van der Waals surface area contributed by atoms with Crippen LogP contribution in [0.3, 0.4) is 0 Å². The molecule has 88 valence electrons. The number of hydrogen-bond donors (Lipinski definition) is 1. The van der Waals surface area contributed by atoms with Crippen molar-refractivity contribution in [2.45, 2.75) is 44.3 Å². The van der Waals surface area contributed by atoms with Gasteiger partial charge in [0.1, 0.15) is 0 Å². The van der Waals surface area contributed by atoms with Gasteiger partial charge in [-0.1, -0.05) is 0 Å². The second-order valence-corrected chi connectivity index (χ2v) is 5.54. The van der Waals surface area contributed by atoms with Crippen LogP contribution in [0.2, 0.25) is 0 Å². The Labute approximate surface area is 93.8 Å². The van der Waals surface area contributed by atoms with Crippen LogP contribution in [0.15, 0.2) is 0 Å². The van der Waals surface area contributed by atoms with E-state index in [-0.39, 0.29) is 0 Å². The van der Waals surface area contributed by atoms with Gasteiger partial charge in [0.25, 0.3) is 0 Å². The fourth-order valence-electron chi connectivity index (χ4n) is 2.70. The van der Waals surface area contributed by atoms with Crippen molar-refractivity contribution in [1.29, 1.82) is 0 Å². The van der Waals surface area contributed by atoms with Crippen molar-refractivity contribution < 1.29 is 0 Å². The molecule has 3 heteroatoms. The lowest BCUT2D eigenvalue weighted by Crippen LogP contribution is -2.43. The van der Waals surface area contributed by atoms with Crippen LogP contribution >= 0.6 is 0 Å². The molecule has 1 aliphatic carbocycles. The van der Waals surface area contributed by atoms with Gasteiger partial charge in [-0.2, -0.15) is 0 Å². The minimum absolute atomic E-state index is 0.615. The van der Waals surface area contributed by atoms with Crippen LogP contribution in [0.5, 0.6) is 0 Å². The van der Waals surface area contributed by atoms with Crippen LogP contribution in [-0.4, -0.2) is 61.7 Å². The molecule has 1 saturated heterocycles.